The molecule has 24 heavy (non-hydrogen) atoms. The van der Waals surface area contributed by atoms with Crippen molar-refractivity contribution in [1.82, 2.24) is 9.97 Å². The van der Waals surface area contributed by atoms with Gasteiger partial charge in [0.05, 0.1) is 26.0 Å². The third-order valence-corrected chi connectivity index (χ3v) is 5.61. The number of benzene rings is 1. The Balaban J connectivity index is 1.92. The van der Waals surface area contributed by atoms with Crippen molar-refractivity contribution in [2.75, 3.05) is 26.0 Å². The minimum Gasteiger partial charge on any atom is -0.363 e. The molecule has 0 aliphatic heterocycles. The molecule has 3 rings (SSSR count). The van der Waals surface area contributed by atoms with E-state index in [2.05, 4.69) is 73.6 Å². The summed E-state index contributed by atoms with van der Waals surface area (Å²) in [6.07, 6.45) is 0. The van der Waals surface area contributed by atoms with Crippen LogP contribution in [0.15, 0.2) is 30.3 Å². The molecule has 2 aromatic heterocycles. The second-order valence-electron chi connectivity index (χ2n) is 6.50. The predicted octanol–water partition coefficient (Wildman–Crippen LogP) is 2.91. The molecule has 0 unspecified atom stereocenters. The molecule has 0 radical (unpaired) electrons. The quantitative estimate of drug-likeness (QED) is 0.750. The van der Waals surface area contributed by atoms with Crippen LogP contribution >= 0.6 is 11.3 Å². The zero-order valence-corrected chi connectivity index (χ0v) is 15.8. The highest BCUT2D eigenvalue weighted by atomic mass is 32.1. The molecule has 2 heterocycles. The fourth-order valence-corrected chi connectivity index (χ4v) is 4.10. The van der Waals surface area contributed by atoms with Gasteiger partial charge in [-0.05, 0) is 26.3 Å². The van der Waals surface area contributed by atoms with E-state index in [0.717, 1.165) is 23.0 Å². The van der Waals surface area contributed by atoms with Crippen LogP contribution in [0.4, 0.5) is 5.82 Å². The number of likely N-dealkylation sites (N-methyl/N-ethyl adjacent to an activating group) is 1. The van der Waals surface area contributed by atoms with Gasteiger partial charge in [0.15, 0.2) is 0 Å². The fourth-order valence-electron chi connectivity index (χ4n) is 3.02. The maximum absolute atomic E-state index is 4.68. The van der Waals surface area contributed by atoms with E-state index < -0.39 is 0 Å². The topological polar surface area (TPSA) is 42.2 Å². The summed E-state index contributed by atoms with van der Waals surface area (Å²) in [4.78, 5) is 13.1. The Labute approximate surface area is 147 Å². The second kappa shape index (κ2) is 6.87. The second-order valence-corrected chi connectivity index (χ2v) is 7.71. The van der Waals surface area contributed by atoms with Crippen molar-refractivity contribution in [3.63, 3.8) is 0 Å². The van der Waals surface area contributed by atoms with Crippen molar-refractivity contribution in [2.45, 2.75) is 26.8 Å². The molecule has 1 aromatic carbocycles. The van der Waals surface area contributed by atoms with Crippen molar-refractivity contribution in [2.24, 2.45) is 0 Å². The number of thiophene rings is 1. The lowest BCUT2D eigenvalue weighted by Gasteiger charge is -2.22. The summed E-state index contributed by atoms with van der Waals surface area (Å²) in [6, 6.07) is 11.0. The smallest absolute Gasteiger partial charge is 0.139 e. The number of aromatic nitrogens is 2. The van der Waals surface area contributed by atoms with Gasteiger partial charge in [-0.15, -0.1) is 11.3 Å². The number of aryl methyl sites for hydroxylation is 3. The van der Waals surface area contributed by atoms with Crippen LogP contribution in [0.1, 0.15) is 27.9 Å². The highest BCUT2D eigenvalue weighted by Crippen LogP contribution is 2.33. The third kappa shape index (κ3) is 3.28. The Bertz CT molecular complexity index is 839. The van der Waals surface area contributed by atoms with E-state index in [-0.39, 0.29) is 0 Å². The van der Waals surface area contributed by atoms with E-state index in [0.29, 0.717) is 6.04 Å². The number of anilines is 1. The summed E-state index contributed by atoms with van der Waals surface area (Å²) < 4.78 is 0. The molecule has 0 saturated carbocycles. The summed E-state index contributed by atoms with van der Waals surface area (Å²) in [7, 11) is 4.39. The van der Waals surface area contributed by atoms with Crippen LogP contribution in [0, 0.1) is 20.8 Å². The van der Waals surface area contributed by atoms with E-state index in [1.807, 2.05) is 6.92 Å². The molecule has 5 heteroatoms. The van der Waals surface area contributed by atoms with Crippen LogP contribution in [0.5, 0.6) is 0 Å². The van der Waals surface area contributed by atoms with Crippen LogP contribution in [-0.2, 0) is 0 Å². The molecule has 1 atom stereocenters. The van der Waals surface area contributed by atoms with Gasteiger partial charge in [0.25, 0.3) is 0 Å². The molecule has 0 aliphatic rings. The zero-order chi connectivity index (χ0) is 17.3. The van der Waals surface area contributed by atoms with Gasteiger partial charge in [0, 0.05) is 10.4 Å². The van der Waals surface area contributed by atoms with Crippen LogP contribution in [-0.4, -0.2) is 30.6 Å². The summed E-state index contributed by atoms with van der Waals surface area (Å²) in [5.41, 5.74) is 2.62. The zero-order valence-electron chi connectivity index (χ0n) is 15.0. The average Bonchev–Trinajstić information content (AvgIpc) is 2.82. The Morgan fingerprint density at radius 2 is 1.79 bits per heavy atom. The van der Waals surface area contributed by atoms with Gasteiger partial charge in [-0.2, -0.15) is 0 Å². The Morgan fingerprint density at radius 3 is 2.46 bits per heavy atom. The number of hydrogen-bond donors (Lipinski definition) is 2. The van der Waals surface area contributed by atoms with Crippen LogP contribution < -0.4 is 10.2 Å². The summed E-state index contributed by atoms with van der Waals surface area (Å²) in [5.74, 6) is 1.78. The number of nitrogens with zero attached hydrogens (tertiary/aromatic N) is 2. The van der Waals surface area contributed by atoms with Crippen LogP contribution in [0.25, 0.3) is 10.2 Å². The first kappa shape index (κ1) is 16.9. The number of hydrogen-bond acceptors (Lipinski definition) is 4. The summed E-state index contributed by atoms with van der Waals surface area (Å²) in [5, 5.41) is 4.77. The maximum Gasteiger partial charge on any atom is 0.139 e. The van der Waals surface area contributed by atoms with E-state index in [1.165, 1.54) is 26.3 Å². The van der Waals surface area contributed by atoms with Gasteiger partial charge in [-0.1, -0.05) is 30.3 Å². The van der Waals surface area contributed by atoms with Crippen molar-refractivity contribution < 1.29 is 4.90 Å². The van der Waals surface area contributed by atoms with Gasteiger partial charge in [-0.3, -0.25) is 0 Å². The van der Waals surface area contributed by atoms with Gasteiger partial charge in [0.1, 0.15) is 22.5 Å². The van der Waals surface area contributed by atoms with Crippen molar-refractivity contribution in [3.8, 4) is 0 Å². The van der Waals surface area contributed by atoms with E-state index >= 15 is 0 Å². The Kier molecular flexibility index (Phi) is 4.83. The molecule has 0 saturated heterocycles. The van der Waals surface area contributed by atoms with Crippen molar-refractivity contribution >= 4 is 27.4 Å². The van der Waals surface area contributed by atoms with Crippen LogP contribution in [0.3, 0.4) is 0 Å². The van der Waals surface area contributed by atoms with Gasteiger partial charge in [-0.25, -0.2) is 9.97 Å². The van der Waals surface area contributed by atoms with Crippen molar-refractivity contribution in [1.29, 1.82) is 0 Å². The lowest BCUT2D eigenvalue weighted by atomic mass is 10.1. The number of nitrogens with one attached hydrogen (secondary N) is 2. The highest BCUT2D eigenvalue weighted by Gasteiger charge is 2.19. The van der Waals surface area contributed by atoms with E-state index in [1.54, 1.807) is 11.3 Å². The van der Waals surface area contributed by atoms with E-state index in [4.69, 9.17) is 0 Å². The Hall–Kier alpha value is -1.98. The van der Waals surface area contributed by atoms with Crippen LogP contribution in [0.2, 0.25) is 0 Å². The fraction of sp³-hybridized carbons (Fsp3) is 0.368. The molecule has 2 N–H and O–H groups in total. The molecule has 0 amide bonds. The summed E-state index contributed by atoms with van der Waals surface area (Å²) >= 11 is 1.75. The van der Waals surface area contributed by atoms with E-state index in [9.17, 15) is 0 Å². The standard InChI is InChI=1S/C19H24N4S/c1-12-13(2)24-19-17(12)18(21-14(3)22-19)20-11-16(23(4)5)15-9-7-6-8-10-15/h6-10,16H,11H2,1-5H3,(H,20,21,22)/p+1/t16-/m0/s1. The first-order valence-electron chi connectivity index (χ1n) is 8.30. The molecule has 0 aliphatic carbocycles. The van der Waals surface area contributed by atoms with Gasteiger partial charge >= 0.3 is 0 Å². The SMILES string of the molecule is Cc1nc(NC[C@@H](c2ccccc2)[NH+](C)C)c2c(C)c(C)sc2n1. The minimum atomic E-state index is 0.372. The van der Waals surface area contributed by atoms with Gasteiger partial charge in [0.2, 0.25) is 0 Å². The summed E-state index contributed by atoms with van der Waals surface area (Å²) in [6.45, 7) is 7.11. The largest absolute Gasteiger partial charge is 0.363 e. The van der Waals surface area contributed by atoms with Gasteiger partial charge < -0.3 is 10.2 Å². The molecule has 126 valence electrons. The first-order valence-corrected chi connectivity index (χ1v) is 9.12. The predicted molar refractivity (Wildman–Crippen MR) is 102 cm³/mol. The molecule has 0 bridgehead atoms. The molecular weight excluding hydrogens is 316 g/mol. The molecule has 4 nitrogen and oxygen atoms in total. The van der Waals surface area contributed by atoms with Crippen molar-refractivity contribution in [3.05, 3.63) is 52.2 Å². The number of fused-ring (bicyclic) bond motifs is 1. The maximum atomic E-state index is 4.68. The normalized spacial score (nSPS) is 12.8. The third-order valence-electron chi connectivity index (χ3n) is 4.51. The Morgan fingerprint density at radius 1 is 1.08 bits per heavy atom. The first-order chi connectivity index (χ1) is 11.5. The molecular formula is C19H25N4S+. The highest BCUT2D eigenvalue weighted by molar-refractivity contribution is 7.18. The number of quaternary nitrogens is 1. The lowest BCUT2D eigenvalue weighted by Crippen LogP contribution is -3.06. The number of rotatable bonds is 5. The lowest BCUT2D eigenvalue weighted by molar-refractivity contribution is -0.890. The minimum absolute atomic E-state index is 0.372. The average molecular weight is 342 g/mol. The molecule has 0 fully saturated rings. The molecule has 0 spiro atoms. The molecule has 3 aromatic rings. The monoisotopic (exact) mass is 341 g/mol.